The molecular weight excluding hydrogens is 264 g/mol. The first kappa shape index (κ1) is 10.6. The fourth-order valence-electron chi connectivity index (χ4n) is 1.74. The van der Waals surface area contributed by atoms with Gasteiger partial charge in [0.05, 0.1) is 17.8 Å². The molecule has 1 aliphatic rings. The van der Waals surface area contributed by atoms with Gasteiger partial charge in [-0.15, -0.1) is 0 Å². The number of hydrogen-bond acceptors (Lipinski definition) is 4. The standard InChI is InChI=1S/C8H11BrN4O2/c9-7-5-12(11-8(7)13(14)15)4-6-2-1-3-10-6/h5-6,10H,1-4H2/t6-/m1/s1. The van der Waals surface area contributed by atoms with Crippen LogP contribution in [-0.4, -0.2) is 27.3 Å². The van der Waals surface area contributed by atoms with Gasteiger partial charge in [-0.05, 0) is 40.2 Å². The Morgan fingerprint density at radius 1 is 1.80 bits per heavy atom. The van der Waals surface area contributed by atoms with Crippen LogP contribution in [0.5, 0.6) is 0 Å². The molecule has 1 N–H and O–H groups in total. The van der Waals surface area contributed by atoms with Crippen LogP contribution in [0, 0.1) is 10.1 Å². The van der Waals surface area contributed by atoms with E-state index in [1.165, 1.54) is 0 Å². The highest BCUT2D eigenvalue weighted by molar-refractivity contribution is 9.10. The van der Waals surface area contributed by atoms with Crippen LogP contribution in [0.1, 0.15) is 12.8 Å². The molecule has 15 heavy (non-hydrogen) atoms. The zero-order chi connectivity index (χ0) is 10.8. The zero-order valence-corrected chi connectivity index (χ0v) is 9.61. The second kappa shape index (κ2) is 4.28. The van der Waals surface area contributed by atoms with Crippen molar-refractivity contribution in [3.05, 3.63) is 20.8 Å². The molecule has 1 saturated heterocycles. The summed E-state index contributed by atoms with van der Waals surface area (Å²) in [6.45, 7) is 1.71. The van der Waals surface area contributed by atoms with Crippen molar-refractivity contribution < 1.29 is 4.92 Å². The average Bonchev–Trinajstić information content (AvgIpc) is 2.75. The monoisotopic (exact) mass is 274 g/mol. The lowest BCUT2D eigenvalue weighted by molar-refractivity contribution is -0.390. The maximum atomic E-state index is 10.6. The van der Waals surface area contributed by atoms with Gasteiger partial charge in [-0.3, -0.25) is 0 Å². The Balaban J connectivity index is 2.08. The lowest BCUT2D eigenvalue weighted by Gasteiger charge is -2.06. The summed E-state index contributed by atoms with van der Waals surface area (Å²) >= 11 is 3.12. The van der Waals surface area contributed by atoms with Gasteiger partial charge in [0.25, 0.3) is 0 Å². The molecule has 2 rings (SSSR count). The summed E-state index contributed by atoms with van der Waals surface area (Å²) in [5.74, 6) is -0.118. The normalized spacial score (nSPS) is 20.7. The molecule has 0 spiro atoms. The van der Waals surface area contributed by atoms with Gasteiger partial charge in [0, 0.05) is 6.04 Å². The van der Waals surface area contributed by atoms with Crippen LogP contribution < -0.4 is 5.32 Å². The lowest BCUT2D eigenvalue weighted by Crippen LogP contribution is -2.26. The van der Waals surface area contributed by atoms with Crippen molar-refractivity contribution in [1.82, 2.24) is 15.1 Å². The van der Waals surface area contributed by atoms with E-state index in [1.807, 2.05) is 0 Å². The second-order valence-corrected chi connectivity index (χ2v) is 4.43. The highest BCUT2D eigenvalue weighted by atomic mass is 79.9. The summed E-state index contributed by atoms with van der Waals surface area (Å²) < 4.78 is 2.05. The molecule has 0 aromatic carbocycles. The van der Waals surface area contributed by atoms with Gasteiger partial charge in [0.15, 0.2) is 0 Å². The van der Waals surface area contributed by atoms with Crippen molar-refractivity contribution in [1.29, 1.82) is 0 Å². The molecule has 0 bridgehead atoms. The minimum atomic E-state index is -0.483. The first-order valence-corrected chi connectivity index (χ1v) is 5.57. The minimum absolute atomic E-state index is 0.118. The van der Waals surface area contributed by atoms with E-state index in [-0.39, 0.29) is 5.82 Å². The van der Waals surface area contributed by atoms with E-state index in [2.05, 4.69) is 26.3 Å². The maximum absolute atomic E-state index is 10.6. The molecule has 0 amide bonds. The van der Waals surface area contributed by atoms with E-state index in [0.717, 1.165) is 19.4 Å². The molecule has 6 nitrogen and oxygen atoms in total. The Morgan fingerprint density at radius 3 is 3.13 bits per heavy atom. The first-order valence-electron chi connectivity index (χ1n) is 4.77. The molecule has 2 heterocycles. The highest BCUT2D eigenvalue weighted by Crippen LogP contribution is 2.22. The number of nitrogens with zero attached hydrogens (tertiary/aromatic N) is 3. The van der Waals surface area contributed by atoms with Crippen LogP contribution >= 0.6 is 15.9 Å². The van der Waals surface area contributed by atoms with Crippen molar-refractivity contribution >= 4 is 21.7 Å². The van der Waals surface area contributed by atoms with Gasteiger partial charge < -0.3 is 15.4 Å². The minimum Gasteiger partial charge on any atom is -0.358 e. The van der Waals surface area contributed by atoms with Crippen molar-refractivity contribution in [2.75, 3.05) is 6.54 Å². The molecule has 0 saturated carbocycles. The predicted molar refractivity (Wildman–Crippen MR) is 57.6 cm³/mol. The Bertz CT molecular complexity index is 373. The average molecular weight is 275 g/mol. The predicted octanol–water partition coefficient (Wildman–Crippen LogP) is 1.31. The van der Waals surface area contributed by atoms with Gasteiger partial charge >= 0.3 is 5.82 Å². The third-order valence-corrected chi connectivity index (χ3v) is 3.00. The highest BCUT2D eigenvalue weighted by Gasteiger charge is 2.21. The van der Waals surface area contributed by atoms with E-state index < -0.39 is 4.92 Å². The van der Waals surface area contributed by atoms with Crippen molar-refractivity contribution in [3.63, 3.8) is 0 Å². The van der Waals surface area contributed by atoms with Gasteiger partial charge in [0.2, 0.25) is 0 Å². The second-order valence-electron chi connectivity index (χ2n) is 3.57. The SMILES string of the molecule is O=[N+]([O-])c1nn(C[C@H]2CCCN2)cc1Br. The lowest BCUT2D eigenvalue weighted by atomic mass is 10.2. The van der Waals surface area contributed by atoms with E-state index in [9.17, 15) is 10.1 Å². The Labute approximate surface area is 94.9 Å². The molecule has 1 aliphatic heterocycles. The number of halogens is 1. The quantitative estimate of drug-likeness (QED) is 0.666. The molecule has 0 aliphatic carbocycles. The van der Waals surface area contributed by atoms with Crippen LogP contribution in [0.3, 0.4) is 0 Å². The number of aromatic nitrogens is 2. The fraction of sp³-hybridized carbons (Fsp3) is 0.625. The summed E-state index contributed by atoms with van der Waals surface area (Å²) in [6.07, 6.45) is 3.92. The van der Waals surface area contributed by atoms with Crippen LogP contribution in [0.4, 0.5) is 5.82 Å². The third-order valence-electron chi connectivity index (χ3n) is 2.44. The summed E-state index contributed by atoms with van der Waals surface area (Å²) in [5.41, 5.74) is 0. The van der Waals surface area contributed by atoms with E-state index in [1.54, 1.807) is 10.9 Å². The van der Waals surface area contributed by atoms with Gasteiger partial charge in [0.1, 0.15) is 4.47 Å². The number of hydrogen-bond donors (Lipinski definition) is 1. The van der Waals surface area contributed by atoms with Crippen molar-refractivity contribution in [2.24, 2.45) is 0 Å². The number of nitrogens with one attached hydrogen (secondary N) is 1. The zero-order valence-electron chi connectivity index (χ0n) is 8.02. The number of rotatable bonds is 3. The Morgan fingerprint density at radius 2 is 2.60 bits per heavy atom. The van der Waals surface area contributed by atoms with Gasteiger partial charge in [-0.1, -0.05) is 0 Å². The Hall–Kier alpha value is -0.950. The summed E-state index contributed by atoms with van der Waals surface area (Å²) in [6, 6.07) is 0.386. The summed E-state index contributed by atoms with van der Waals surface area (Å²) in [4.78, 5) is 10.1. The fourth-order valence-corrected chi connectivity index (χ4v) is 2.20. The maximum Gasteiger partial charge on any atom is 0.404 e. The Kier molecular flexibility index (Phi) is 3.01. The van der Waals surface area contributed by atoms with Gasteiger partial charge in [-0.2, -0.15) is 4.68 Å². The van der Waals surface area contributed by atoms with Crippen molar-refractivity contribution in [2.45, 2.75) is 25.4 Å². The van der Waals surface area contributed by atoms with Gasteiger partial charge in [-0.25, -0.2) is 0 Å². The smallest absolute Gasteiger partial charge is 0.358 e. The molecule has 0 radical (unpaired) electrons. The summed E-state index contributed by atoms with van der Waals surface area (Å²) in [5, 5.41) is 17.8. The molecule has 82 valence electrons. The summed E-state index contributed by atoms with van der Waals surface area (Å²) in [7, 11) is 0. The third kappa shape index (κ3) is 2.35. The molecule has 0 unspecified atom stereocenters. The molecule has 1 aromatic heterocycles. The van der Waals surface area contributed by atoms with E-state index >= 15 is 0 Å². The topological polar surface area (TPSA) is 73.0 Å². The molecule has 1 fully saturated rings. The molecule has 1 atom stereocenters. The van der Waals surface area contributed by atoms with E-state index in [0.29, 0.717) is 17.1 Å². The van der Waals surface area contributed by atoms with Crippen LogP contribution in [0.25, 0.3) is 0 Å². The van der Waals surface area contributed by atoms with Crippen LogP contribution in [0.2, 0.25) is 0 Å². The molecule has 1 aromatic rings. The van der Waals surface area contributed by atoms with Crippen molar-refractivity contribution in [3.8, 4) is 0 Å². The first-order chi connectivity index (χ1) is 7.16. The number of nitro groups is 1. The van der Waals surface area contributed by atoms with E-state index in [4.69, 9.17) is 0 Å². The van der Waals surface area contributed by atoms with Crippen LogP contribution in [0.15, 0.2) is 10.7 Å². The molecular formula is C8H11BrN4O2. The van der Waals surface area contributed by atoms with Crippen LogP contribution in [-0.2, 0) is 6.54 Å². The molecule has 7 heteroatoms. The largest absolute Gasteiger partial charge is 0.404 e.